The predicted molar refractivity (Wildman–Crippen MR) is 127 cm³/mol. The van der Waals surface area contributed by atoms with E-state index in [1.807, 2.05) is 55.5 Å². The number of hydrogen-bond donors (Lipinski definition) is 1. The van der Waals surface area contributed by atoms with Crippen molar-refractivity contribution in [2.75, 3.05) is 11.9 Å². The smallest absolute Gasteiger partial charge is 0.256 e. The van der Waals surface area contributed by atoms with Gasteiger partial charge in [-0.05, 0) is 42.8 Å². The number of hydrogen-bond acceptors (Lipinski definition) is 2. The van der Waals surface area contributed by atoms with Gasteiger partial charge in [-0.15, -0.1) is 0 Å². The Balaban J connectivity index is 1.46. The minimum atomic E-state index is -0.114. The molecule has 5 heteroatoms. The Bertz CT molecular complexity index is 1340. The second-order valence-electron chi connectivity index (χ2n) is 7.61. The lowest BCUT2D eigenvalue weighted by atomic mass is 10.0. The van der Waals surface area contributed by atoms with E-state index >= 15 is 0 Å². The minimum absolute atomic E-state index is 0.114. The summed E-state index contributed by atoms with van der Waals surface area (Å²) in [5.41, 5.74) is 5.49. The van der Waals surface area contributed by atoms with Gasteiger partial charge in [0, 0.05) is 38.8 Å². The minimum Gasteiger partial charge on any atom is -0.491 e. The summed E-state index contributed by atoms with van der Waals surface area (Å²) >= 11 is 6.08. The van der Waals surface area contributed by atoms with Gasteiger partial charge in [0.15, 0.2) is 0 Å². The van der Waals surface area contributed by atoms with E-state index in [1.54, 1.807) is 12.1 Å². The molecule has 4 aromatic rings. The molecule has 31 heavy (non-hydrogen) atoms. The van der Waals surface area contributed by atoms with Crippen molar-refractivity contribution < 1.29 is 9.53 Å². The number of anilines is 1. The Morgan fingerprint density at radius 2 is 1.87 bits per heavy atom. The van der Waals surface area contributed by atoms with Gasteiger partial charge in [-0.2, -0.15) is 0 Å². The van der Waals surface area contributed by atoms with Gasteiger partial charge in [0.1, 0.15) is 12.4 Å². The molecule has 1 N–H and O–H groups in total. The number of carbonyl (C=O) groups excluding carboxylic acids is 1. The number of benzene rings is 3. The van der Waals surface area contributed by atoms with Gasteiger partial charge in [-0.25, -0.2) is 0 Å². The Morgan fingerprint density at radius 3 is 2.74 bits per heavy atom. The average Bonchev–Trinajstić information content (AvgIpc) is 3.27. The molecule has 0 atom stereocenters. The first-order chi connectivity index (χ1) is 15.1. The van der Waals surface area contributed by atoms with Crippen LogP contribution in [-0.2, 0) is 11.3 Å². The fourth-order valence-corrected chi connectivity index (χ4v) is 4.19. The van der Waals surface area contributed by atoms with Crippen LogP contribution < -0.4 is 10.1 Å². The van der Waals surface area contributed by atoms with Crippen molar-refractivity contribution in [2.24, 2.45) is 0 Å². The molecule has 0 spiro atoms. The number of halogens is 1. The van der Waals surface area contributed by atoms with Gasteiger partial charge in [0.2, 0.25) is 0 Å². The first-order valence-electron chi connectivity index (χ1n) is 10.2. The maximum absolute atomic E-state index is 12.6. The zero-order valence-electron chi connectivity index (χ0n) is 17.1. The zero-order chi connectivity index (χ0) is 21.4. The molecule has 0 saturated carbocycles. The Morgan fingerprint density at radius 1 is 1.06 bits per heavy atom. The van der Waals surface area contributed by atoms with Gasteiger partial charge < -0.3 is 14.6 Å². The highest BCUT2D eigenvalue weighted by Gasteiger charge is 2.24. The van der Waals surface area contributed by atoms with Crippen LogP contribution in [0, 0.1) is 6.92 Å². The highest BCUT2D eigenvalue weighted by Crippen LogP contribution is 2.36. The van der Waals surface area contributed by atoms with Crippen molar-refractivity contribution in [1.82, 2.24) is 4.57 Å². The lowest BCUT2D eigenvalue weighted by Gasteiger charge is -2.10. The van der Waals surface area contributed by atoms with Crippen LogP contribution in [0.1, 0.15) is 16.7 Å². The number of carbonyl (C=O) groups is 1. The number of amides is 1. The van der Waals surface area contributed by atoms with Gasteiger partial charge in [0.05, 0.1) is 12.2 Å². The third kappa shape index (κ3) is 3.71. The van der Waals surface area contributed by atoms with Crippen LogP contribution in [0.4, 0.5) is 5.69 Å². The lowest BCUT2D eigenvalue weighted by molar-refractivity contribution is -0.110. The molecule has 0 fully saturated rings. The van der Waals surface area contributed by atoms with E-state index < -0.39 is 0 Å². The number of para-hydroxylation sites is 2. The predicted octanol–water partition coefficient (Wildman–Crippen LogP) is 6.17. The van der Waals surface area contributed by atoms with Crippen molar-refractivity contribution >= 4 is 45.7 Å². The maximum atomic E-state index is 12.6. The van der Waals surface area contributed by atoms with Crippen molar-refractivity contribution in [3.05, 3.63) is 94.6 Å². The van der Waals surface area contributed by atoms with Crippen LogP contribution in [0.5, 0.6) is 5.75 Å². The van der Waals surface area contributed by atoms with Gasteiger partial charge in [-0.1, -0.05) is 54.1 Å². The molecule has 0 bridgehead atoms. The largest absolute Gasteiger partial charge is 0.491 e. The van der Waals surface area contributed by atoms with Crippen LogP contribution in [0.3, 0.4) is 0 Å². The fourth-order valence-electron chi connectivity index (χ4n) is 4.01. The van der Waals surface area contributed by atoms with E-state index in [2.05, 4.69) is 28.2 Å². The summed E-state index contributed by atoms with van der Waals surface area (Å²) in [6.45, 7) is 3.31. The second-order valence-corrected chi connectivity index (χ2v) is 8.05. The number of nitrogens with one attached hydrogen (secondary N) is 1. The summed E-state index contributed by atoms with van der Waals surface area (Å²) in [7, 11) is 0. The van der Waals surface area contributed by atoms with Crippen molar-refractivity contribution in [3.8, 4) is 5.75 Å². The topological polar surface area (TPSA) is 43.3 Å². The van der Waals surface area contributed by atoms with E-state index in [0.29, 0.717) is 23.7 Å². The molecule has 0 unspecified atom stereocenters. The molecule has 0 aliphatic carbocycles. The van der Waals surface area contributed by atoms with Crippen molar-refractivity contribution in [3.63, 3.8) is 0 Å². The molecule has 1 aromatic heterocycles. The highest BCUT2D eigenvalue weighted by molar-refractivity contribution is 6.36. The molecule has 5 rings (SSSR count). The van der Waals surface area contributed by atoms with Crippen molar-refractivity contribution in [1.29, 1.82) is 0 Å². The monoisotopic (exact) mass is 428 g/mol. The molecule has 0 saturated heterocycles. The summed E-state index contributed by atoms with van der Waals surface area (Å²) in [6, 6.07) is 21.7. The van der Waals surface area contributed by atoms with E-state index in [1.165, 1.54) is 0 Å². The summed E-state index contributed by atoms with van der Waals surface area (Å²) in [5, 5.41) is 4.60. The molecule has 2 heterocycles. The number of ether oxygens (including phenoxy) is 1. The first kappa shape index (κ1) is 19.5. The molecular formula is C26H21ClN2O2. The van der Waals surface area contributed by atoms with E-state index in [9.17, 15) is 4.79 Å². The quantitative estimate of drug-likeness (QED) is 0.386. The number of rotatable bonds is 5. The molecule has 154 valence electrons. The number of aryl methyl sites for hydroxylation is 1. The second kappa shape index (κ2) is 7.97. The molecular weight excluding hydrogens is 408 g/mol. The SMILES string of the molecule is Cc1ccccc1OCCn1cc(C=C2C(=O)Nc3cc(Cl)ccc32)c2ccccc21. The molecule has 4 nitrogen and oxygen atoms in total. The number of nitrogens with zero attached hydrogens (tertiary/aromatic N) is 1. The summed E-state index contributed by atoms with van der Waals surface area (Å²) in [5.74, 6) is 0.788. The Labute approximate surface area is 185 Å². The molecule has 0 radical (unpaired) electrons. The average molecular weight is 429 g/mol. The summed E-state index contributed by atoms with van der Waals surface area (Å²) in [4.78, 5) is 12.6. The lowest BCUT2D eigenvalue weighted by Crippen LogP contribution is -2.07. The van der Waals surface area contributed by atoms with Crippen molar-refractivity contribution in [2.45, 2.75) is 13.5 Å². The normalized spacial score (nSPS) is 14.1. The van der Waals surface area contributed by atoms with Crippen LogP contribution in [0.25, 0.3) is 22.6 Å². The van der Waals surface area contributed by atoms with Crippen LogP contribution >= 0.6 is 11.6 Å². The van der Waals surface area contributed by atoms with E-state index in [0.717, 1.165) is 39.0 Å². The first-order valence-corrected chi connectivity index (χ1v) is 10.6. The molecule has 1 amide bonds. The van der Waals surface area contributed by atoms with Gasteiger partial charge in [0.25, 0.3) is 5.91 Å². The Hall–Kier alpha value is -3.50. The van der Waals surface area contributed by atoms with Crippen LogP contribution in [-0.4, -0.2) is 17.1 Å². The highest BCUT2D eigenvalue weighted by atomic mass is 35.5. The van der Waals surface area contributed by atoms with Crippen LogP contribution in [0.15, 0.2) is 72.9 Å². The molecule has 1 aliphatic heterocycles. The summed E-state index contributed by atoms with van der Waals surface area (Å²) in [6.07, 6.45) is 4.04. The Kier molecular flexibility index (Phi) is 5.00. The maximum Gasteiger partial charge on any atom is 0.256 e. The molecule has 3 aromatic carbocycles. The number of aromatic nitrogens is 1. The number of fused-ring (bicyclic) bond motifs is 2. The fraction of sp³-hybridized carbons (Fsp3) is 0.115. The standard InChI is InChI=1S/C26H21ClN2O2/c1-17-6-2-5-9-25(17)31-13-12-29-16-18(20-7-3-4-8-24(20)29)14-22-21-11-10-19(27)15-23(21)28-26(22)30/h2-11,14-16H,12-13H2,1H3,(H,28,30). The third-order valence-corrected chi connectivity index (χ3v) is 5.80. The van der Waals surface area contributed by atoms with Gasteiger partial charge in [-0.3, -0.25) is 4.79 Å². The van der Waals surface area contributed by atoms with E-state index in [4.69, 9.17) is 16.3 Å². The van der Waals surface area contributed by atoms with E-state index in [-0.39, 0.29) is 5.91 Å². The van der Waals surface area contributed by atoms with Gasteiger partial charge >= 0.3 is 0 Å². The van der Waals surface area contributed by atoms with Crippen LogP contribution in [0.2, 0.25) is 5.02 Å². The third-order valence-electron chi connectivity index (χ3n) is 5.57. The zero-order valence-corrected chi connectivity index (χ0v) is 17.8. The summed E-state index contributed by atoms with van der Waals surface area (Å²) < 4.78 is 8.17. The molecule has 1 aliphatic rings.